The molecule has 5 nitrogen and oxygen atoms in total. The van der Waals surface area contributed by atoms with Crippen LogP contribution in [-0.4, -0.2) is 43.6 Å². The predicted molar refractivity (Wildman–Crippen MR) is 85.7 cm³/mol. The van der Waals surface area contributed by atoms with Crippen molar-refractivity contribution in [1.29, 1.82) is 0 Å². The summed E-state index contributed by atoms with van der Waals surface area (Å²) in [6, 6.07) is 4.54. The van der Waals surface area contributed by atoms with E-state index in [4.69, 9.17) is 0 Å². The number of carbonyl (C=O) groups excluding carboxylic acids is 1. The number of aromatic amines is 1. The first-order valence-electron chi connectivity index (χ1n) is 8.57. The minimum atomic E-state index is -0.475. The molecular formula is C18H21N3O2. The summed E-state index contributed by atoms with van der Waals surface area (Å²) in [6.45, 7) is 0. The molecule has 5 heteroatoms. The van der Waals surface area contributed by atoms with Crippen molar-refractivity contribution in [2.24, 2.45) is 5.92 Å². The zero-order valence-electron chi connectivity index (χ0n) is 13.0. The van der Waals surface area contributed by atoms with E-state index in [1.807, 2.05) is 18.3 Å². The van der Waals surface area contributed by atoms with Gasteiger partial charge in [0.1, 0.15) is 5.65 Å². The van der Waals surface area contributed by atoms with Crippen molar-refractivity contribution in [3.8, 4) is 0 Å². The normalized spacial score (nSPS) is 34.7. The molecule has 2 aliphatic heterocycles. The third-order valence-electron chi connectivity index (χ3n) is 6.15. The highest BCUT2D eigenvalue weighted by Gasteiger charge is 2.60. The molecule has 0 radical (unpaired) electrons. The third-order valence-corrected chi connectivity index (χ3v) is 6.15. The fourth-order valence-electron chi connectivity index (χ4n) is 5.33. The number of fused-ring (bicyclic) bond motifs is 1. The van der Waals surface area contributed by atoms with Crippen molar-refractivity contribution in [3.63, 3.8) is 0 Å². The van der Waals surface area contributed by atoms with Crippen molar-refractivity contribution in [3.05, 3.63) is 30.1 Å². The molecule has 2 aromatic rings. The smallest absolute Gasteiger partial charge is 0.223 e. The van der Waals surface area contributed by atoms with Crippen LogP contribution >= 0.6 is 0 Å². The van der Waals surface area contributed by atoms with Gasteiger partial charge < -0.3 is 15.0 Å². The first-order valence-corrected chi connectivity index (χ1v) is 8.57. The summed E-state index contributed by atoms with van der Waals surface area (Å²) in [5.74, 6) is 0.782. The molecule has 4 heterocycles. The van der Waals surface area contributed by atoms with Crippen molar-refractivity contribution in [1.82, 2.24) is 14.9 Å². The number of piperidine rings is 1. The molecule has 2 aromatic heterocycles. The Morgan fingerprint density at radius 1 is 1.43 bits per heavy atom. The van der Waals surface area contributed by atoms with Gasteiger partial charge in [0.05, 0.1) is 5.60 Å². The molecule has 4 atom stereocenters. The number of carbonyl (C=O) groups is 1. The minimum absolute atomic E-state index is 0.254. The van der Waals surface area contributed by atoms with Gasteiger partial charge in [-0.05, 0) is 55.7 Å². The molecule has 2 aliphatic carbocycles. The van der Waals surface area contributed by atoms with E-state index in [1.165, 1.54) is 0 Å². The number of aryl methyl sites for hydroxylation is 1. The number of aliphatic hydroxyl groups is 1. The van der Waals surface area contributed by atoms with Gasteiger partial charge >= 0.3 is 0 Å². The highest BCUT2D eigenvalue weighted by atomic mass is 16.3. The van der Waals surface area contributed by atoms with Gasteiger partial charge in [-0.1, -0.05) is 0 Å². The summed E-state index contributed by atoms with van der Waals surface area (Å²) in [6.07, 6.45) is 8.59. The van der Waals surface area contributed by atoms with Crippen molar-refractivity contribution < 1.29 is 9.90 Å². The second-order valence-electron chi connectivity index (χ2n) is 7.57. The van der Waals surface area contributed by atoms with E-state index in [0.717, 1.165) is 48.7 Å². The van der Waals surface area contributed by atoms with E-state index in [1.54, 1.807) is 6.20 Å². The number of nitrogens with one attached hydrogen (secondary N) is 1. The average molecular weight is 311 g/mol. The minimum Gasteiger partial charge on any atom is -0.390 e. The zero-order chi connectivity index (χ0) is 15.6. The van der Waals surface area contributed by atoms with E-state index in [2.05, 4.69) is 14.9 Å². The number of hydrogen-bond donors (Lipinski definition) is 2. The molecule has 4 unspecified atom stereocenters. The second kappa shape index (κ2) is 4.57. The first kappa shape index (κ1) is 13.5. The quantitative estimate of drug-likeness (QED) is 0.911. The lowest BCUT2D eigenvalue weighted by molar-refractivity contribution is -0.138. The van der Waals surface area contributed by atoms with Crippen LogP contribution in [0.25, 0.3) is 11.0 Å². The van der Waals surface area contributed by atoms with Gasteiger partial charge in [-0.15, -0.1) is 0 Å². The van der Waals surface area contributed by atoms with Gasteiger partial charge in [-0.2, -0.15) is 0 Å². The molecule has 4 fully saturated rings. The molecule has 2 saturated heterocycles. The Hall–Kier alpha value is -1.88. The monoisotopic (exact) mass is 311 g/mol. The summed E-state index contributed by atoms with van der Waals surface area (Å²) in [4.78, 5) is 22.4. The molecular weight excluding hydrogens is 290 g/mol. The highest BCUT2D eigenvalue weighted by molar-refractivity contribution is 5.82. The number of H-pyrrole nitrogens is 1. The van der Waals surface area contributed by atoms with Crippen LogP contribution in [0.2, 0.25) is 0 Å². The molecule has 23 heavy (non-hydrogen) atoms. The summed E-state index contributed by atoms with van der Waals surface area (Å²) in [5, 5.41) is 11.6. The van der Waals surface area contributed by atoms with Crippen LogP contribution in [0.15, 0.2) is 24.5 Å². The maximum atomic E-state index is 12.8. The van der Waals surface area contributed by atoms with E-state index in [-0.39, 0.29) is 18.0 Å². The lowest BCUT2D eigenvalue weighted by Gasteiger charge is -2.40. The maximum absolute atomic E-state index is 12.8. The zero-order valence-corrected chi connectivity index (χ0v) is 13.0. The molecule has 6 rings (SSSR count). The molecule has 2 N–H and O–H groups in total. The second-order valence-corrected chi connectivity index (χ2v) is 7.57. The summed E-state index contributed by atoms with van der Waals surface area (Å²) < 4.78 is 0. The predicted octanol–water partition coefficient (Wildman–Crippen LogP) is 2.01. The fraction of sp³-hybridized carbons (Fsp3) is 0.556. The Labute approximate surface area is 134 Å². The fourth-order valence-corrected chi connectivity index (χ4v) is 5.33. The SMILES string of the molecule is O=C(CCc1c[nH]c2ncccc12)N1C2CC3CC(O)(C2)CC31. The van der Waals surface area contributed by atoms with Gasteiger partial charge in [-0.3, -0.25) is 4.79 Å². The Bertz CT molecular complexity index is 781. The summed E-state index contributed by atoms with van der Waals surface area (Å²) >= 11 is 0. The third kappa shape index (κ3) is 1.96. The molecule has 2 saturated carbocycles. The van der Waals surface area contributed by atoms with Crippen molar-refractivity contribution >= 4 is 16.9 Å². The lowest BCUT2D eigenvalue weighted by atomic mass is 9.83. The molecule has 120 valence electrons. The van der Waals surface area contributed by atoms with Crippen LogP contribution in [0.5, 0.6) is 0 Å². The lowest BCUT2D eigenvalue weighted by Crippen LogP contribution is -2.50. The first-order chi connectivity index (χ1) is 11.1. The van der Waals surface area contributed by atoms with E-state index in [9.17, 15) is 9.90 Å². The number of rotatable bonds is 3. The van der Waals surface area contributed by atoms with Crippen LogP contribution in [-0.2, 0) is 11.2 Å². The molecule has 4 aliphatic rings. The number of hydrogen-bond acceptors (Lipinski definition) is 3. The van der Waals surface area contributed by atoms with Gasteiger partial charge in [-0.25, -0.2) is 4.98 Å². The van der Waals surface area contributed by atoms with Gasteiger partial charge in [0.25, 0.3) is 0 Å². The van der Waals surface area contributed by atoms with Crippen LogP contribution in [0, 0.1) is 5.92 Å². The standard InChI is InChI=1S/C18H21N3O2/c22-16(4-3-11-10-20-17-14(11)2-1-5-19-17)21-13-6-12-7-18(23,8-13)9-15(12)21/h1-2,5,10,12-13,15,23H,3-4,6-9H2,(H,19,20). The molecule has 0 aromatic carbocycles. The molecule has 1 amide bonds. The van der Waals surface area contributed by atoms with Crippen LogP contribution in [0.1, 0.15) is 37.7 Å². The highest BCUT2D eigenvalue weighted by Crippen LogP contribution is 2.55. The van der Waals surface area contributed by atoms with E-state index < -0.39 is 5.60 Å². The summed E-state index contributed by atoms with van der Waals surface area (Å²) in [5.41, 5.74) is 1.57. The van der Waals surface area contributed by atoms with Crippen molar-refractivity contribution in [2.45, 2.75) is 56.2 Å². The van der Waals surface area contributed by atoms with Crippen LogP contribution in [0.4, 0.5) is 0 Å². The van der Waals surface area contributed by atoms with Crippen molar-refractivity contribution in [2.75, 3.05) is 0 Å². The van der Waals surface area contributed by atoms with E-state index in [0.29, 0.717) is 12.3 Å². The van der Waals surface area contributed by atoms with Crippen LogP contribution < -0.4 is 0 Å². The largest absolute Gasteiger partial charge is 0.390 e. The summed E-state index contributed by atoms with van der Waals surface area (Å²) in [7, 11) is 0. The van der Waals surface area contributed by atoms with E-state index >= 15 is 0 Å². The Balaban J connectivity index is 1.31. The maximum Gasteiger partial charge on any atom is 0.223 e. The number of amides is 1. The van der Waals surface area contributed by atoms with Crippen LogP contribution in [0.3, 0.4) is 0 Å². The Morgan fingerprint density at radius 3 is 3.22 bits per heavy atom. The number of aromatic nitrogens is 2. The Kier molecular flexibility index (Phi) is 2.69. The average Bonchev–Trinajstić information content (AvgIpc) is 3.11. The number of pyridine rings is 1. The molecule has 0 spiro atoms. The molecule has 4 bridgehead atoms. The Morgan fingerprint density at radius 2 is 2.35 bits per heavy atom. The van der Waals surface area contributed by atoms with Gasteiger partial charge in [0.2, 0.25) is 5.91 Å². The topological polar surface area (TPSA) is 69.2 Å². The van der Waals surface area contributed by atoms with Gasteiger partial charge in [0, 0.05) is 36.3 Å². The number of nitrogens with zero attached hydrogens (tertiary/aromatic N) is 2. The van der Waals surface area contributed by atoms with Gasteiger partial charge in [0.15, 0.2) is 0 Å².